The fourth-order valence-electron chi connectivity index (χ4n) is 2.72. The molecule has 110 valence electrons. The molecule has 1 fully saturated rings. The lowest BCUT2D eigenvalue weighted by Crippen LogP contribution is -2.46. The lowest BCUT2D eigenvalue weighted by atomic mass is 10.0. The largest absolute Gasteiger partial charge is 0.399 e. The van der Waals surface area contributed by atoms with Crippen molar-refractivity contribution in [3.8, 4) is 0 Å². The van der Waals surface area contributed by atoms with Gasteiger partial charge >= 0.3 is 0 Å². The van der Waals surface area contributed by atoms with Crippen LogP contribution in [0.1, 0.15) is 38.7 Å². The summed E-state index contributed by atoms with van der Waals surface area (Å²) in [5.74, 6) is 0.0966. The number of nitrogens with two attached hydrogens (primary N) is 1. The first-order chi connectivity index (χ1) is 9.55. The van der Waals surface area contributed by atoms with Gasteiger partial charge in [-0.15, -0.1) is 0 Å². The normalized spacial score (nSPS) is 21.9. The van der Waals surface area contributed by atoms with E-state index in [4.69, 9.17) is 10.5 Å². The van der Waals surface area contributed by atoms with Gasteiger partial charge in [0, 0.05) is 25.4 Å². The quantitative estimate of drug-likeness (QED) is 0.841. The third-order valence-corrected chi connectivity index (χ3v) is 3.78. The zero-order valence-electron chi connectivity index (χ0n) is 12.4. The minimum Gasteiger partial charge on any atom is -0.399 e. The molecule has 1 amide bonds. The van der Waals surface area contributed by atoms with Crippen molar-refractivity contribution in [1.29, 1.82) is 0 Å². The van der Waals surface area contributed by atoms with Crippen molar-refractivity contribution in [3.05, 3.63) is 29.8 Å². The average Bonchev–Trinajstić information content (AvgIpc) is 2.86. The highest BCUT2D eigenvalue weighted by molar-refractivity contribution is 5.85. The van der Waals surface area contributed by atoms with Crippen molar-refractivity contribution >= 4 is 11.6 Å². The van der Waals surface area contributed by atoms with E-state index in [1.807, 2.05) is 36.1 Å². The van der Waals surface area contributed by atoms with Gasteiger partial charge < -0.3 is 15.4 Å². The fraction of sp³-hybridized carbons (Fsp3) is 0.562. The number of nitrogen functional groups attached to an aromatic ring is 1. The first-order valence-corrected chi connectivity index (χ1v) is 7.33. The number of amides is 1. The minimum atomic E-state index is -0.643. The van der Waals surface area contributed by atoms with Crippen LogP contribution in [0.5, 0.6) is 0 Å². The Labute approximate surface area is 120 Å². The van der Waals surface area contributed by atoms with Crippen LogP contribution in [0.15, 0.2) is 24.3 Å². The van der Waals surface area contributed by atoms with E-state index in [-0.39, 0.29) is 5.91 Å². The van der Waals surface area contributed by atoms with Gasteiger partial charge in [-0.25, -0.2) is 0 Å². The standard InChI is InChI=1S/C16H24N2O2/c1-3-9-18(12-13-6-4-7-14(17)11-13)15(19)16(2)8-5-10-20-16/h4,6-7,11H,3,5,8-10,12,17H2,1-2H3. The maximum atomic E-state index is 12.7. The summed E-state index contributed by atoms with van der Waals surface area (Å²) in [6, 6.07) is 7.71. The number of ether oxygens (including phenoxy) is 1. The molecule has 20 heavy (non-hydrogen) atoms. The molecule has 1 unspecified atom stereocenters. The maximum Gasteiger partial charge on any atom is 0.254 e. The lowest BCUT2D eigenvalue weighted by molar-refractivity contribution is -0.151. The second-order valence-electron chi connectivity index (χ2n) is 5.65. The Morgan fingerprint density at radius 3 is 2.90 bits per heavy atom. The predicted molar refractivity (Wildman–Crippen MR) is 80.2 cm³/mol. The summed E-state index contributed by atoms with van der Waals surface area (Å²) in [6.45, 7) is 6.01. The second kappa shape index (κ2) is 6.27. The van der Waals surface area contributed by atoms with E-state index in [9.17, 15) is 4.79 Å². The number of rotatable bonds is 5. The Hall–Kier alpha value is -1.55. The Morgan fingerprint density at radius 1 is 1.50 bits per heavy atom. The highest BCUT2D eigenvalue weighted by atomic mass is 16.5. The van der Waals surface area contributed by atoms with Gasteiger partial charge in [0.1, 0.15) is 5.60 Å². The number of benzene rings is 1. The monoisotopic (exact) mass is 276 g/mol. The first-order valence-electron chi connectivity index (χ1n) is 7.33. The molecule has 1 saturated heterocycles. The van der Waals surface area contributed by atoms with Crippen molar-refractivity contribution in [2.45, 2.75) is 45.3 Å². The van der Waals surface area contributed by atoms with Crippen LogP contribution in [0.3, 0.4) is 0 Å². The molecule has 0 spiro atoms. The summed E-state index contributed by atoms with van der Waals surface area (Å²) < 4.78 is 5.68. The first kappa shape index (κ1) is 14.9. The molecule has 4 nitrogen and oxygen atoms in total. The number of carbonyl (C=O) groups excluding carboxylic acids is 1. The second-order valence-corrected chi connectivity index (χ2v) is 5.65. The molecule has 2 rings (SSSR count). The molecular weight excluding hydrogens is 252 g/mol. The van der Waals surface area contributed by atoms with Crippen LogP contribution in [0.25, 0.3) is 0 Å². The minimum absolute atomic E-state index is 0.0966. The number of hydrogen-bond acceptors (Lipinski definition) is 3. The molecule has 1 aliphatic heterocycles. The van der Waals surface area contributed by atoms with Gasteiger partial charge in [-0.05, 0) is 43.9 Å². The molecule has 0 saturated carbocycles. The van der Waals surface area contributed by atoms with Crippen molar-refractivity contribution in [3.63, 3.8) is 0 Å². The Bertz CT molecular complexity index is 467. The van der Waals surface area contributed by atoms with E-state index in [2.05, 4.69) is 6.92 Å². The molecule has 4 heteroatoms. The van der Waals surface area contributed by atoms with Crippen molar-refractivity contribution in [2.75, 3.05) is 18.9 Å². The van der Waals surface area contributed by atoms with Gasteiger partial charge in [0.15, 0.2) is 0 Å². The number of carbonyl (C=O) groups is 1. The zero-order chi connectivity index (χ0) is 14.6. The zero-order valence-corrected chi connectivity index (χ0v) is 12.4. The molecule has 1 heterocycles. The molecule has 1 aromatic rings. The highest BCUT2D eigenvalue weighted by Crippen LogP contribution is 2.28. The maximum absolute atomic E-state index is 12.7. The van der Waals surface area contributed by atoms with Crippen LogP contribution in [-0.4, -0.2) is 29.6 Å². The Balaban J connectivity index is 2.12. The number of hydrogen-bond donors (Lipinski definition) is 1. The summed E-state index contributed by atoms with van der Waals surface area (Å²) in [6.07, 6.45) is 2.70. The Kier molecular flexibility index (Phi) is 4.65. The average molecular weight is 276 g/mol. The summed E-state index contributed by atoms with van der Waals surface area (Å²) in [5.41, 5.74) is 6.96. The third kappa shape index (κ3) is 3.31. The molecule has 2 N–H and O–H groups in total. The number of anilines is 1. The van der Waals surface area contributed by atoms with Crippen LogP contribution in [0.4, 0.5) is 5.69 Å². The number of nitrogens with zero attached hydrogens (tertiary/aromatic N) is 1. The molecule has 0 radical (unpaired) electrons. The smallest absolute Gasteiger partial charge is 0.254 e. The SMILES string of the molecule is CCCN(Cc1cccc(N)c1)C(=O)C1(C)CCCO1. The van der Waals surface area contributed by atoms with E-state index in [1.165, 1.54) is 0 Å². The van der Waals surface area contributed by atoms with Crippen LogP contribution in [0, 0.1) is 0 Å². The van der Waals surface area contributed by atoms with Crippen molar-refractivity contribution in [1.82, 2.24) is 4.90 Å². The molecule has 1 atom stereocenters. The van der Waals surface area contributed by atoms with Gasteiger partial charge in [0.05, 0.1) is 0 Å². The van der Waals surface area contributed by atoms with E-state index in [0.717, 1.165) is 37.1 Å². The summed E-state index contributed by atoms with van der Waals surface area (Å²) in [7, 11) is 0. The van der Waals surface area contributed by atoms with Crippen molar-refractivity contribution < 1.29 is 9.53 Å². The molecule has 0 aliphatic carbocycles. The molecule has 1 aliphatic rings. The predicted octanol–water partition coefficient (Wildman–Crippen LogP) is 2.58. The van der Waals surface area contributed by atoms with Crippen LogP contribution < -0.4 is 5.73 Å². The van der Waals surface area contributed by atoms with Gasteiger partial charge in [-0.3, -0.25) is 4.79 Å². The summed E-state index contributed by atoms with van der Waals surface area (Å²) in [4.78, 5) is 14.6. The lowest BCUT2D eigenvalue weighted by Gasteiger charge is -2.31. The van der Waals surface area contributed by atoms with E-state index in [1.54, 1.807) is 0 Å². The fourth-order valence-corrected chi connectivity index (χ4v) is 2.72. The highest BCUT2D eigenvalue weighted by Gasteiger charge is 2.40. The summed E-state index contributed by atoms with van der Waals surface area (Å²) in [5, 5.41) is 0. The van der Waals surface area contributed by atoms with Crippen LogP contribution in [-0.2, 0) is 16.1 Å². The van der Waals surface area contributed by atoms with Gasteiger partial charge in [0.25, 0.3) is 5.91 Å². The molecule has 0 bridgehead atoms. The van der Waals surface area contributed by atoms with Crippen LogP contribution >= 0.6 is 0 Å². The van der Waals surface area contributed by atoms with Crippen LogP contribution in [0.2, 0.25) is 0 Å². The third-order valence-electron chi connectivity index (χ3n) is 3.78. The van der Waals surface area contributed by atoms with Gasteiger partial charge in [0.2, 0.25) is 0 Å². The molecular formula is C16H24N2O2. The van der Waals surface area contributed by atoms with Gasteiger partial charge in [-0.2, -0.15) is 0 Å². The van der Waals surface area contributed by atoms with E-state index < -0.39 is 5.60 Å². The Morgan fingerprint density at radius 2 is 2.30 bits per heavy atom. The van der Waals surface area contributed by atoms with Gasteiger partial charge in [-0.1, -0.05) is 19.1 Å². The van der Waals surface area contributed by atoms with E-state index in [0.29, 0.717) is 13.2 Å². The summed E-state index contributed by atoms with van der Waals surface area (Å²) >= 11 is 0. The molecule has 0 aromatic heterocycles. The molecule has 1 aromatic carbocycles. The van der Waals surface area contributed by atoms with E-state index >= 15 is 0 Å². The van der Waals surface area contributed by atoms with Crippen molar-refractivity contribution in [2.24, 2.45) is 0 Å². The topological polar surface area (TPSA) is 55.6 Å².